The maximum absolute atomic E-state index is 12.0. The average Bonchev–Trinajstić information content (AvgIpc) is 2.55. The zero-order valence-corrected chi connectivity index (χ0v) is 13.7. The van der Waals surface area contributed by atoms with E-state index in [4.69, 9.17) is 4.74 Å². The minimum absolute atomic E-state index is 0.000319. The molecule has 1 aliphatic rings. The van der Waals surface area contributed by atoms with Gasteiger partial charge in [-0.3, -0.25) is 0 Å². The molecule has 122 valence electrons. The highest BCUT2D eigenvalue weighted by molar-refractivity contribution is 5.74. The molecule has 0 saturated carbocycles. The summed E-state index contributed by atoms with van der Waals surface area (Å²) in [5.74, 6) is 0. The third-order valence-corrected chi connectivity index (χ3v) is 3.88. The van der Waals surface area contributed by atoms with Gasteiger partial charge in [-0.2, -0.15) is 0 Å². The van der Waals surface area contributed by atoms with Crippen LogP contribution in [0.1, 0.15) is 0 Å². The zero-order valence-electron chi connectivity index (χ0n) is 13.7. The molecule has 6 nitrogen and oxygen atoms in total. The van der Waals surface area contributed by atoms with Gasteiger partial charge in [0.2, 0.25) is 0 Å². The standard InChI is InChI=1S/C16H26N4O2/c1-18(2)14-4-6-15(7-5-14)19-9-11-20(12-10-19)16(21)17-8-13-22-3/h4-7H,8-13H2,1-3H3,(H,17,21). The summed E-state index contributed by atoms with van der Waals surface area (Å²) in [5.41, 5.74) is 2.41. The van der Waals surface area contributed by atoms with Crippen molar-refractivity contribution < 1.29 is 9.53 Å². The Morgan fingerprint density at radius 2 is 1.82 bits per heavy atom. The molecule has 0 aromatic heterocycles. The summed E-state index contributed by atoms with van der Waals surface area (Å²) in [5, 5.41) is 2.87. The van der Waals surface area contributed by atoms with Gasteiger partial charge in [-0.25, -0.2) is 4.79 Å². The Bertz CT molecular complexity index is 468. The molecule has 0 aliphatic carbocycles. The highest BCUT2D eigenvalue weighted by atomic mass is 16.5. The molecule has 1 aliphatic heterocycles. The first-order chi connectivity index (χ1) is 10.6. The van der Waals surface area contributed by atoms with Gasteiger partial charge in [-0.05, 0) is 24.3 Å². The number of carbonyl (C=O) groups excluding carboxylic acids is 1. The smallest absolute Gasteiger partial charge is 0.317 e. The molecular weight excluding hydrogens is 280 g/mol. The molecule has 1 fully saturated rings. The number of amides is 2. The van der Waals surface area contributed by atoms with Gasteiger partial charge in [0.15, 0.2) is 0 Å². The van der Waals surface area contributed by atoms with E-state index in [-0.39, 0.29) is 6.03 Å². The molecule has 6 heteroatoms. The Labute approximate surface area is 132 Å². The Hall–Kier alpha value is -1.95. The topological polar surface area (TPSA) is 48.1 Å². The minimum atomic E-state index is -0.000319. The first-order valence-corrected chi connectivity index (χ1v) is 7.66. The van der Waals surface area contributed by atoms with Crippen molar-refractivity contribution in [1.29, 1.82) is 0 Å². The van der Waals surface area contributed by atoms with E-state index >= 15 is 0 Å². The summed E-state index contributed by atoms with van der Waals surface area (Å²) in [4.78, 5) is 18.2. The Morgan fingerprint density at radius 1 is 1.18 bits per heavy atom. The highest BCUT2D eigenvalue weighted by Gasteiger charge is 2.20. The van der Waals surface area contributed by atoms with Crippen LogP contribution in [0.2, 0.25) is 0 Å². The van der Waals surface area contributed by atoms with Crippen molar-refractivity contribution in [3.63, 3.8) is 0 Å². The van der Waals surface area contributed by atoms with Crippen LogP contribution in [0.15, 0.2) is 24.3 Å². The van der Waals surface area contributed by atoms with Crippen LogP contribution in [0.3, 0.4) is 0 Å². The molecule has 22 heavy (non-hydrogen) atoms. The number of anilines is 2. The van der Waals surface area contributed by atoms with E-state index in [9.17, 15) is 4.79 Å². The Morgan fingerprint density at radius 3 is 2.36 bits per heavy atom. The van der Waals surface area contributed by atoms with Crippen LogP contribution in [0.4, 0.5) is 16.2 Å². The summed E-state index contributed by atoms with van der Waals surface area (Å²) < 4.78 is 4.94. The van der Waals surface area contributed by atoms with Crippen molar-refractivity contribution in [1.82, 2.24) is 10.2 Å². The number of carbonyl (C=O) groups is 1. The number of rotatable bonds is 5. The predicted octanol–water partition coefficient (Wildman–Crippen LogP) is 1.23. The lowest BCUT2D eigenvalue weighted by Gasteiger charge is -2.36. The second-order valence-corrected chi connectivity index (χ2v) is 5.61. The minimum Gasteiger partial charge on any atom is -0.383 e. The van der Waals surface area contributed by atoms with E-state index in [1.807, 2.05) is 19.0 Å². The summed E-state index contributed by atoms with van der Waals surface area (Å²) >= 11 is 0. The summed E-state index contributed by atoms with van der Waals surface area (Å²) in [6.45, 7) is 4.31. The van der Waals surface area contributed by atoms with Gasteiger partial charge in [-0.1, -0.05) is 0 Å². The molecular formula is C16H26N4O2. The highest BCUT2D eigenvalue weighted by Crippen LogP contribution is 2.20. The third kappa shape index (κ3) is 4.27. The Kier molecular flexibility index (Phi) is 5.89. The molecule has 0 unspecified atom stereocenters. The van der Waals surface area contributed by atoms with E-state index in [0.29, 0.717) is 13.2 Å². The quantitative estimate of drug-likeness (QED) is 0.831. The average molecular weight is 306 g/mol. The van der Waals surface area contributed by atoms with Crippen molar-refractivity contribution >= 4 is 17.4 Å². The number of hydrogen-bond acceptors (Lipinski definition) is 4. The first-order valence-electron chi connectivity index (χ1n) is 7.66. The number of nitrogens with one attached hydrogen (secondary N) is 1. The molecule has 0 spiro atoms. The molecule has 1 heterocycles. The number of methoxy groups -OCH3 is 1. The van der Waals surface area contributed by atoms with Crippen LogP contribution in [0.5, 0.6) is 0 Å². The molecule has 0 atom stereocenters. The molecule has 2 rings (SSSR count). The van der Waals surface area contributed by atoms with E-state index in [2.05, 4.69) is 39.4 Å². The van der Waals surface area contributed by atoms with Crippen LogP contribution < -0.4 is 15.1 Å². The van der Waals surface area contributed by atoms with Gasteiger partial charge in [0, 0.05) is 65.3 Å². The van der Waals surface area contributed by atoms with Gasteiger partial charge in [-0.15, -0.1) is 0 Å². The van der Waals surface area contributed by atoms with Gasteiger partial charge >= 0.3 is 6.03 Å². The summed E-state index contributed by atoms with van der Waals surface area (Å²) in [7, 11) is 5.71. The molecule has 2 amide bonds. The molecule has 1 aromatic carbocycles. The van der Waals surface area contributed by atoms with Crippen LogP contribution in [-0.4, -0.2) is 71.5 Å². The molecule has 0 bridgehead atoms. The van der Waals surface area contributed by atoms with Crippen molar-refractivity contribution in [3.05, 3.63) is 24.3 Å². The lowest BCUT2D eigenvalue weighted by molar-refractivity contribution is 0.177. The van der Waals surface area contributed by atoms with Crippen molar-refractivity contribution in [2.75, 3.05) is 70.3 Å². The maximum Gasteiger partial charge on any atom is 0.317 e. The van der Waals surface area contributed by atoms with Gasteiger partial charge in [0.05, 0.1) is 6.61 Å². The van der Waals surface area contributed by atoms with Gasteiger partial charge in [0.25, 0.3) is 0 Å². The van der Waals surface area contributed by atoms with Crippen molar-refractivity contribution in [3.8, 4) is 0 Å². The first kappa shape index (κ1) is 16.4. The number of nitrogens with zero attached hydrogens (tertiary/aromatic N) is 3. The molecule has 1 saturated heterocycles. The van der Waals surface area contributed by atoms with E-state index in [1.54, 1.807) is 7.11 Å². The Balaban J connectivity index is 1.82. The summed E-state index contributed by atoms with van der Waals surface area (Å²) in [6, 6.07) is 8.53. The van der Waals surface area contributed by atoms with Crippen molar-refractivity contribution in [2.24, 2.45) is 0 Å². The van der Waals surface area contributed by atoms with Crippen molar-refractivity contribution in [2.45, 2.75) is 0 Å². The number of hydrogen-bond donors (Lipinski definition) is 1. The second kappa shape index (κ2) is 7.89. The zero-order chi connectivity index (χ0) is 15.9. The van der Waals surface area contributed by atoms with Gasteiger partial charge in [0.1, 0.15) is 0 Å². The lowest BCUT2D eigenvalue weighted by Crippen LogP contribution is -2.52. The molecule has 1 N–H and O–H groups in total. The monoisotopic (exact) mass is 306 g/mol. The second-order valence-electron chi connectivity index (χ2n) is 5.61. The van der Waals surface area contributed by atoms with Crippen LogP contribution in [0.25, 0.3) is 0 Å². The fourth-order valence-electron chi connectivity index (χ4n) is 2.50. The van der Waals surface area contributed by atoms with Crippen LogP contribution in [0, 0.1) is 0 Å². The lowest BCUT2D eigenvalue weighted by atomic mass is 10.2. The number of urea groups is 1. The third-order valence-electron chi connectivity index (χ3n) is 3.88. The number of piperazine rings is 1. The van der Waals surface area contributed by atoms with Gasteiger partial charge < -0.3 is 24.8 Å². The SMILES string of the molecule is COCCNC(=O)N1CCN(c2ccc(N(C)C)cc2)CC1. The van der Waals surface area contributed by atoms with Crippen LogP contribution in [-0.2, 0) is 4.74 Å². The summed E-state index contributed by atoms with van der Waals surface area (Å²) in [6.07, 6.45) is 0. The normalized spacial score (nSPS) is 14.9. The fraction of sp³-hybridized carbons (Fsp3) is 0.562. The predicted molar refractivity (Wildman–Crippen MR) is 89.8 cm³/mol. The molecule has 0 radical (unpaired) electrons. The van der Waals surface area contributed by atoms with E-state index in [1.165, 1.54) is 11.4 Å². The fourth-order valence-corrected chi connectivity index (χ4v) is 2.50. The maximum atomic E-state index is 12.0. The molecule has 1 aromatic rings. The largest absolute Gasteiger partial charge is 0.383 e. The van der Waals surface area contributed by atoms with E-state index < -0.39 is 0 Å². The van der Waals surface area contributed by atoms with E-state index in [0.717, 1.165) is 26.2 Å². The number of benzene rings is 1. The van der Waals surface area contributed by atoms with Crippen LogP contribution >= 0.6 is 0 Å². The number of ether oxygens (including phenoxy) is 1.